The van der Waals surface area contributed by atoms with Gasteiger partial charge < -0.3 is 9.80 Å². The van der Waals surface area contributed by atoms with Crippen LogP contribution in [0, 0.1) is 0 Å². The first kappa shape index (κ1) is 32.3. The van der Waals surface area contributed by atoms with Gasteiger partial charge in [-0.2, -0.15) is 0 Å². The van der Waals surface area contributed by atoms with E-state index in [1.54, 1.807) is 0 Å². The van der Waals surface area contributed by atoms with Gasteiger partial charge in [-0.1, -0.05) is 158 Å². The molecule has 0 N–H and O–H groups in total. The summed E-state index contributed by atoms with van der Waals surface area (Å²) in [5.74, 6) is 0.381. The first-order valence-electron chi connectivity index (χ1n) is 19.5. The Labute approximate surface area is 327 Å². The summed E-state index contributed by atoms with van der Waals surface area (Å²) in [6.07, 6.45) is 9.02. The minimum Gasteiger partial charge on any atom is -0.333 e. The predicted octanol–water partition coefficient (Wildman–Crippen LogP) is 14.7. The number of hydrogen-bond donors (Lipinski definition) is 0. The van der Waals surface area contributed by atoms with Crippen LogP contribution in [-0.2, 0) is 0 Å². The van der Waals surface area contributed by atoms with E-state index in [4.69, 9.17) is 0 Å². The second kappa shape index (κ2) is 13.3. The fraction of sp³-hybridized carbons (Fsp3) is 0.0370. The van der Waals surface area contributed by atoms with E-state index < -0.39 is 0 Å². The smallest absolute Gasteiger partial charge is 0.0629 e. The van der Waals surface area contributed by atoms with Crippen LogP contribution in [0.15, 0.2) is 218 Å². The molecule has 2 nitrogen and oxygen atoms in total. The number of rotatable bonds is 6. The van der Waals surface area contributed by atoms with Gasteiger partial charge in [-0.3, -0.25) is 0 Å². The van der Waals surface area contributed by atoms with E-state index >= 15 is 0 Å². The zero-order chi connectivity index (χ0) is 37.0. The van der Waals surface area contributed by atoms with E-state index in [0.29, 0.717) is 12.0 Å². The third-order valence-corrected chi connectivity index (χ3v) is 11.8. The Bertz CT molecular complexity index is 2940. The summed E-state index contributed by atoms with van der Waals surface area (Å²) < 4.78 is 0. The molecule has 2 atom stereocenters. The highest BCUT2D eigenvalue weighted by molar-refractivity contribution is 6.24. The number of anilines is 5. The highest BCUT2D eigenvalue weighted by atomic mass is 15.2. The van der Waals surface area contributed by atoms with Crippen molar-refractivity contribution in [2.45, 2.75) is 12.0 Å². The number of fused-ring (bicyclic) bond motifs is 8. The lowest BCUT2D eigenvalue weighted by Gasteiger charge is -2.29. The lowest BCUT2D eigenvalue weighted by atomic mass is 9.90. The van der Waals surface area contributed by atoms with Gasteiger partial charge in [0.1, 0.15) is 0 Å². The van der Waals surface area contributed by atoms with Crippen LogP contribution in [0.25, 0.3) is 54.6 Å². The minimum atomic E-state index is 0.299. The van der Waals surface area contributed by atoms with Crippen LogP contribution in [0.5, 0.6) is 0 Å². The molecule has 0 bridgehead atoms. The summed E-state index contributed by atoms with van der Waals surface area (Å²) in [6.45, 7) is 0. The van der Waals surface area contributed by atoms with Gasteiger partial charge in [-0.05, 0) is 121 Å². The van der Waals surface area contributed by atoms with Crippen LogP contribution >= 0.6 is 0 Å². The molecule has 264 valence electrons. The minimum absolute atomic E-state index is 0.299. The molecule has 0 saturated carbocycles. The maximum absolute atomic E-state index is 2.49. The second-order valence-corrected chi connectivity index (χ2v) is 14.9. The van der Waals surface area contributed by atoms with E-state index in [1.165, 1.54) is 71.5 Å². The molecule has 2 aliphatic rings. The molecule has 56 heavy (non-hydrogen) atoms. The molecule has 0 radical (unpaired) electrons. The summed E-state index contributed by atoms with van der Waals surface area (Å²) in [4.78, 5) is 4.83. The average Bonchev–Trinajstić information content (AvgIpc) is 3.61. The summed E-state index contributed by atoms with van der Waals surface area (Å²) >= 11 is 0. The maximum Gasteiger partial charge on any atom is 0.0629 e. The van der Waals surface area contributed by atoms with Crippen molar-refractivity contribution in [1.82, 2.24) is 0 Å². The average molecular weight is 715 g/mol. The highest BCUT2D eigenvalue weighted by Crippen LogP contribution is 2.48. The molecule has 9 aromatic carbocycles. The molecule has 1 aliphatic heterocycles. The van der Waals surface area contributed by atoms with Crippen molar-refractivity contribution in [2.75, 3.05) is 9.80 Å². The van der Waals surface area contributed by atoms with E-state index in [1.807, 2.05) is 0 Å². The molecule has 2 heteroatoms. The van der Waals surface area contributed by atoms with E-state index in [2.05, 4.69) is 228 Å². The van der Waals surface area contributed by atoms with Gasteiger partial charge in [0.15, 0.2) is 0 Å². The van der Waals surface area contributed by atoms with Crippen LogP contribution in [-0.4, -0.2) is 6.04 Å². The summed E-state index contributed by atoms with van der Waals surface area (Å²) in [7, 11) is 0. The highest BCUT2D eigenvalue weighted by Gasteiger charge is 2.36. The number of nitrogens with zero attached hydrogens (tertiary/aromatic N) is 2. The van der Waals surface area contributed by atoms with Crippen LogP contribution in [0.4, 0.5) is 28.4 Å². The van der Waals surface area contributed by atoms with Crippen molar-refractivity contribution in [3.63, 3.8) is 0 Å². The number of allylic oxidation sites excluding steroid dienone is 2. The molecule has 0 saturated heterocycles. The zero-order valence-electron chi connectivity index (χ0n) is 30.8. The lowest BCUT2D eigenvalue weighted by Crippen LogP contribution is -2.28. The van der Waals surface area contributed by atoms with Crippen molar-refractivity contribution >= 4 is 60.8 Å². The Hall–Kier alpha value is -7.16. The third-order valence-electron chi connectivity index (χ3n) is 11.8. The third kappa shape index (κ3) is 5.33. The topological polar surface area (TPSA) is 6.48 Å². The summed E-state index contributed by atoms with van der Waals surface area (Å²) in [5.41, 5.74) is 12.1. The van der Waals surface area contributed by atoms with Gasteiger partial charge in [0, 0.05) is 34.4 Å². The van der Waals surface area contributed by atoms with Crippen LogP contribution in [0.2, 0.25) is 0 Å². The predicted molar refractivity (Wildman–Crippen MR) is 238 cm³/mol. The molecule has 9 aromatic rings. The SMILES string of the molecule is C1=CC2c3ccccc3N(c3ccc(-c4ccc(N(c5ccccc5)c5ccc(-c6cc7ccccc7c7c6ccc6ccccc67)cc5)cc4)cc3)C2C=C1. The van der Waals surface area contributed by atoms with E-state index in [-0.39, 0.29) is 0 Å². The fourth-order valence-electron chi connectivity index (χ4n) is 9.13. The lowest BCUT2D eigenvalue weighted by molar-refractivity contribution is 0.745. The van der Waals surface area contributed by atoms with Crippen LogP contribution in [0.3, 0.4) is 0 Å². The van der Waals surface area contributed by atoms with Crippen molar-refractivity contribution < 1.29 is 0 Å². The van der Waals surface area contributed by atoms with Gasteiger partial charge in [0.05, 0.1) is 6.04 Å². The fourth-order valence-corrected chi connectivity index (χ4v) is 9.13. The molecular formula is C54H38N2. The van der Waals surface area contributed by atoms with Crippen molar-refractivity contribution in [3.05, 3.63) is 224 Å². The molecule has 0 spiro atoms. The molecule has 0 fully saturated rings. The second-order valence-electron chi connectivity index (χ2n) is 14.9. The largest absolute Gasteiger partial charge is 0.333 e. The molecule has 11 rings (SSSR count). The number of hydrogen-bond acceptors (Lipinski definition) is 2. The summed E-state index contributed by atoms with van der Waals surface area (Å²) in [5, 5.41) is 7.69. The maximum atomic E-state index is 2.49. The molecular weight excluding hydrogens is 677 g/mol. The summed E-state index contributed by atoms with van der Waals surface area (Å²) in [6, 6.07) is 71.3. The molecule has 0 aromatic heterocycles. The zero-order valence-corrected chi connectivity index (χ0v) is 30.8. The Morgan fingerprint density at radius 1 is 0.411 bits per heavy atom. The monoisotopic (exact) mass is 714 g/mol. The number of para-hydroxylation sites is 2. The quantitative estimate of drug-likeness (QED) is 0.158. The van der Waals surface area contributed by atoms with Gasteiger partial charge >= 0.3 is 0 Å². The number of benzene rings is 9. The van der Waals surface area contributed by atoms with Gasteiger partial charge in [0.25, 0.3) is 0 Å². The molecule has 1 aliphatic carbocycles. The van der Waals surface area contributed by atoms with Gasteiger partial charge in [-0.15, -0.1) is 0 Å². The van der Waals surface area contributed by atoms with Crippen LogP contribution < -0.4 is 9.80 Å². The van der Waals surface area contributed by atoms with Crippen molar-refractivity contribution in [2.24, 2.45) is 0 Å². The first-order valence-corrected chi connectivity index (χ1v) is 19.5. The van der Waals surface area contributed by atoms with E-state index in [0.717, 1.165) is 17.1 Å². The Kier molecular flexibility index (Phi) is 7.67. The van der Waals surface area contributed by atoms with Crippen molar-refractivity contribution in [1.29, 1.82) is 0 Å². The Morgan fingerprint density at radius 2 is 0.982 bits per heavy atom. The standard InChI is InChI=1S/C54H38N2/c1-2-14-42(15-3-1)55(44-33-26-40(27-34-44)51-36-41-13-5-7-17-47(41)54-46-16-6-4-12-39(46)28-35-50(51)54)43-29-22-37(23-30-43)38-24-31-45(32-25-38)56-52-20-10-8-18-48(52)49-19-9-11-21-53(49)56/h1-36,48,52H. The van der Waals surface area contributed by atoms with Crippen LogP contribution in [0.1, 0.15) is 11.5 Å². The Balaban J connectivity index is 0.927. The first-order chi connectivity index (χ1) is 27.8. The molecule has 1 heterocycles. The molecule has 0 amide bonds. The molecule has 2 unspecified atom stereocenters. The van der Waals surface area contributed by atoms with Crippen molar-refractivity contribution in [3.8, 4) is 22.3 Å². The van der Waals surface area contributed by atoms with Gasteiger partial charge in [0.2, 0.25) is 0 Å². The van der Waals surface area contributed by atoms with Gasteiger partial charge in [-0.25, -0.2) is 0 Å². The van der Waals surface area contributed by atoms with E-state index in [9.17, 15) is 0 Å². The Morgan fingerprint density at radius 3 is 1.73 bits per heavy atom. The normalized spacial score (nSPS) is 15.7.